The lowest BCUT2D eigenvalue weighted by atomic mass is 10.1. The van der Waals surface area contributed by atoms with E-state index in [1.165, 1.54) is 12.0 Å². The molecule has 0 bridgehead atoms. The van der Waals surface area contributed by atoms with Gasteiger partial charge in [-0.1, -0.05) is 13.8 Å². The molecule has 0 saturated carbocycles. The maximum Gasteiger partial charge on any atom is 0.264 e. The highest BCUT2D eigenvalue weighted by Crippen LogP contribution is 2.10. The van der Waals surface area contributed by atoms with E-state index >= 15 is 0 Å². The Morgan fingerprint density at radius 1 is 1.43 bits per heavy atom. The largest absolute Gasteiger partial charge is 0.395 e. The molecular weight excluding hydrogens is 274 g/mol. The van der Waals surface area contributed by atoms with Crippen molar-refractivity contribution in [1.82, 2.24) is 14.9 Å². The quantitative estimate of drug-likeness (QED) is 0.754. The lowest BCUT2D eigenvalue weighted by Gasteiger charge is -2.21. The van der Waals surface area contributed by atoms with Crippen LogP contribution >= 0.6 is 0 Å². The molecular formula is C14H23N3O4. The molecule has 0 aliphatic heterocycles. The number of carbonyl (C=O) groups is 1. The molecule has 0 aliphatic carbocycles. The van der Waals surface area contributed by atoms with Gasteiger partial charge in [0.05, 0.1) is 18.9 Å². The third kappa shape index (κ3) is 4.37. The van der Waals surface area contributed by atoms with E-state index in [1.54, 1.807) is 6.92 Å². The molecule has 0 unspecified atom stereocenters. The lowest BCUT2D eigenvalue weighted by Crippen LogP contribution is -2.40. The topological polar surface area (TPSA) is 95.5 Å². The number of rotatable bonds is 7. The number of hydrogen-bond donors (Lipinski definition) is 2. The molecule has 0 spiro atoms. The van der Waals surface area contributed by atoms with Crippen molar-refractivity contribution >= 4 is 5.91 Å². The van der Waals surface area contributed by atoms with Gasteiger partial charge >= 0.3 is 0 Å². The standard InChI is InChI=1S/C14H23N3O4/c1-9(2)12-15-10(3)11(13(19)16-12)14(20)17(5-7-18)6-8-21-4/h9,18H,5-8H2,1-4H3,(H,15,16,19). The minimum Gasteiger partial charge on any atom is -0.395 e. The number of amides is 1. The molecule has 2 N–H and O–H groups in total. The van der Waals surface area contributed by atoms with Crippen molar-refractivity contribution in [3.63, 3.8) is 0 Å². The maximum atomic E-state index is 12.5. The molecule has 1 aromatic heterocycles. The van der Waals surface area contributed by atoms with E-state index in [0.29, 0.717) is 24.7 Å². The number of aromatic nitrogens is 2. The summed E-state index contributed by atoms with van der Waals surface area (Å²) in [6.07, 6.45) is 0. The fourth-order valence-corrected chi connectivity index (χ4v) is 1.93. The van der Waals surface area contributed by atoms with Gasteiger partial charge in [-0.15, -0.1) is 0 Å². The number of carbonyl (C=O) groups excluding carboxylic acids is 1. The first-order valence-corrected chi connectivity index (χ1v) is 6.92. The molecule has 0 aliphatic rings. The van der Waals surface area contributed by atoms with Crippen LogP contribution in [0.25, 0.3) is 0 Å². The van der Waals surface area contributed by atoms with Gasteiger partial charge in [-0.2, -0.15) is 0 Å². The summed E-state index contributed by atoms with van der Waals surface area (Å²) < 4.78 is 4.94. The average molecular weight is 297 g/mol. The Bertz CT molecular complexity index is 540. The van der Waals surface area contributed by atoms with E-state index in [1.807, 2.05) is 13.8 Å². The van der Waals surface area contributed by atoms with Gasteiger partial charge < -0.3 is 19.7 Å². The number of H-pyrrole nitrogens is 1. The van der Waals surface area contributed by atoms with E-state index < -0.39 is 11.5 Å². The lowest BCUT2D eigenvalue weighted by molar-refractivity contribution is 0.0653. The maximum absolute atomic E-state index is 12.5. The number of nitrogens with one attached hydrogen (secondary N) is 1. The molecule has 0 fully saturated rings. The number of aryl methyl sites for hydroxylation is 1. The fraction of sp³-hybridized carbons (Fsp3) is 0.643. The van der Waals surface area contributed by atoms with Crippen LogP contribution in [0.4, 0.5) is 0 Å². The first-order valence-electron chi connectivity index (χ1n) is 6.92. The van der Waals surface area contributed by atoms with Crippen LogP contribution in [0, 0.1) is 6.92 Å². The van der Waals surface area contributed by atoms with Crippen molar-refractivity contribution in [1.29, 1.82) is 0 Å². The molecule has 7 heteroatoms. The number of methoxy groups -OCH3 is 1. The van der Waals surface area contributed by atoms with Crippen LogP contribution in [0.15, 0.2) is 4.79 Å². The van der Waals surface area contributed by atoms with Crippen LogP contribution in [0.2, 0.25) is 0 Å². The smallest absolute Gasteiger partial charge is 0.264 e. The van der Waals surface area contributed by atoms with Crippen molar-refractivity contribution in [2.24, 2.45) is 0 Å². The zero-order valence-electron chi connectivity index (χ0n) is 13.0. The van der Waals surface area contributed by atoms with Gasteiger partial charge in [-0.3, -0.25) is 9.59 Å². The number of hydrogen-bond acceptors (Lipinski definition) is 5. The molecule has 0 atom stereocenters. The average Bonchev–Trinajstić information content (AvgIpc) is 2.42. The fourth-order valence-electron chi connectivity index (χ4n) is 1.93. The van der Waals surface area contributed by atoms with Crippen molar-refractivity contribution in [2.75, 3.05) is 33.4 Å². The van der Waals surface area contributed by atoms with Gasteiger partial charge in [0, 0.05) is 26.1 Å². The van der Waals surface area contributed by atoms with Gasteiger partial charge in [0.25, 0.3) is 11.5 Å². The summed E-state index contributed by atoms with van der Waals surface area (Å²) in [5, 5.41) is 9.05. The Morgan fingerprint density at radius 2 is 2.10 bits per heavy atom. The first kappa shape index (κ1) is 17.3. The Labute approximate surface area is 124 Å². The first-order chi connectivity index (χ1) is 9.92. The van der Waals surface area contributed by atoms with E-state index in [9.17, 15) is 9.59 Å². The molecule has 0 saturated heterocycles. The van der Waals surface area contributed by atoms with Crippen LogP contribution in [-0.2, 0) is 4.74 Å². The van der Waals surface area contributed by atoms with Crippen molar-refractivity contribution in [2.45, 2.75) is 26.7 Å². The molecule has 118 valence electrons. The number of nitrogens with zero attached hydrogens (tertiary/aromatic N) is 2. The number of aromatic amines is 1. The number of aliphatic hydroxyl groups is 1. The summed E-state index contributed by atoms with van der Waals surface area (Å²) in [7, 11) is 1.53. The zero-order chi connectivity index (χ0) is 16.0. The van der Waals surface area contributed by atoms with E-state index in [4.69, 9.17) is 9.84 Å². The SMILES string of the molecule is COCCN(CCO)C(=O)c1c(C)nc(C(C)C)[nH]c1=O. The summed E-state index contributed by atoms with van der Waals surface area (Å²) >= 11 is 0. The Hall–Kier alpha value is -1.73. The summed E-state index contributed by atoms with van der Waals surface area (Å²) in [6, 6.07) is 0. The highest BCUT2D eigenvalue weighted by Gasteiger charge is 2.22. The normalized spacial score (nSPS) is 11.0. The van der Waals surface area contributed by atoms with Crippen molar-refractivity contribution in [3.05, 3.63) is 27.4 Å². The van der Waals surface area contributed by atoms with Crippen LogP contribution in [0.1, 0.15) is 41.6 Å². The van der Waals surface area contributed by atoms with E-state index in [2.05, 4.69) is 9.97 Å². The van der Waals surface area contributed by atoms with Crippen LogP contribution < -0.4 is 5.56 Å². The third-order valence-corrected chi connectivity index (χ3v) is 3.10. The summed E-state index contributed by atoms with van der Waals surface area (Å²) in [4.78, 5) is 32.9. The monoisotopic (exact) mass is 297 g/mol. The highest BCUT2D eigenvalue weighted by atomic mass is 16.5. The molecule has 7 nitrogen and oxygen atoms in total. The van der Waals surface area contributed by atoms with Gasteiger partial charge in [0.1, 0.15) is 11.4 Å². The molecule has 1 aromatic rings. The molecule has 21 heavy (non-hydrogen) atoms. The van der Waals surface area contributed by atoms with Gasteiger partial charge in [-0.25, -0.2) is 4.98 Å². The summed E-state index contributed by atoms with van der Waals surface area (Å²) in [5.74, 6) is 0.185. The molecule has 0 aromatic carbocycles. The second kappa shape index (κ2) is 7.90. The Morgan fingerprint density at radius 3 is 2.57 bits per heavy atom. The minimum atomic E-state index is -0.448. The highest BCUT2D eigenvalue weighted by molar-refractivity contribution is 5.94. The van der Waals surface area contributed by atoms with Gasteiger partial charge in [-0.05, 0) is 6.92 Å². The van der Waals surface area contributed by atoms with Crippen LogP contribution in [0.3, 0.4) is 0 Å². The van der Waals surface area contributed by atoms with Crippen LogP contribution in [0.5, 0.6) is 0 Å². The van der Waals surface area contributed by atoms with Gasteiger partial charge in [0.2, 0.25) is 0 Å². The molecule has 1 rings (SSSR count). The van der Waals surface area contributed by atoms with Crippen molar-refractivity contribution in [3.8, 4) is 0 Å². The molecule has 1 amide bonds. The van der Waals surface area contributed by atoms with Crippen molar-refractivity contribution < 1.29 is 14.6 Å². The predicted molar refractivity (Wildman–Crippen MR) is 78.5 cm³/mol. The number of ether oxygens (including phenoxy) is 1. The van der Waals surface area contributed by atoms with E-state index in [-0.39, 0.29) is 24.6 Å². The predicted octanol–water partition coefficient (Wildman–Crippen LogP) is 0.283. The van der Waals surface area contributed by atoms with E-state index in [0.717, 1.165) is 0 Å². The second-order valence-electron chi connectivity index (χ2n) is 5.07. The summed E-state index contributed by atoms with van der Waals surface area (Å²) in [6.45, 7) is 6.07. The van der Waals surface area contributed by atoms with Crippen LogP contribution in [-0.4, -0.2) is 59.3 Å². The summed E-state index contributed by atoms with van der Waals surface area (Å²) in [5.41, 5.74) is -0.0340. The Kier molecular flexibility index (Phi) is 6.51. The minimum absolute atomic E-state index is 0.0175. The van der Waals surface area contributed by atoms with Gasteiger partial charge in [0.15, 0.2) is 0 Å². The number of aliphatic hydroxyl groups excluding tert-OH is 1. The Balaban J connectivity index is 3.13. The third-order valence-electron chi connectivity index (χ3n) is 3.10. The molecule has 1 heterocycles. The molecule has 0 radical (unpaired) electrons. The second-order valence-corrected chi connectivity index (χ2v) is 5.07. The zero-order valence-corrected chi connectivity index (χ0v) is 13.0.